The van der Waals surface area contributed by atoms with E-state index >= 15 is 0 Å². The third-order valence-corrected chi connectivity index (χ3v) is 4.97. The zero-order valence-corrected chi connectivity index (χ0v) is 12.5. The Balaban J connectivity index is 1.96. The molecule has 100 valence electrons. The average molecular weight is 323 g/mol. The fraction of sp³-hybridized carbons (Fsp3) is 0.500. The molecule has 0 spiro atoms. The van der Waals surface area contributed by atoms with Crippen molar-refractivity contribution in [2.75, 3.05) is 4.90 Å². The third kappa shape index (κ3) is 1.91. The quantitative estimate of drug-likeness (QED) is 0.747. The van der Waals surface area contributed by atoms with E-state index in [1.54, 1.807) is 12.3 Å². The number of halogens is 1. The number of carbonyl (C=O) groups is 2. The number of hydrogen-bond acceptors (Lipinski definition) is 3. The number of hydrogen-bond donors (Lipinski definition) is 0. The Hall–Kier alpha value is -1.23. The van der Waals surface area contributed by atoms with Crippen LogP contribution in [-0.2, 0) is 9.59 Å². The van der Waals surface area contributed by atoms with E-state index in [4.69, 9.17) is 0 Å². The zero-order valence-electron chi connectivity index (χ0n) is 10.9. The first kappa shape index (κ1) is 12.8. The molecule has 1 saturated heterocycles. The molecule has 1 aliphatic carbocycles. The van der Waals surface area contributed by atoms with Gasteiger partial charge >= 0.3 is 0 Å². The normalized spacial score (nSPS) is 30.1. The Morgan fingerprint density at radius 2 is 1.84 bits per heavy atom. The highest BCUT2D eigenvalue weighted by atomic mass is 79.9. The van der Waals surface area contributed by atoms with Gasteiger partial charge in [0.2, 0.25) is 11.8 Å². The van der Waals surface area contributed by atoms with Crippen molar-refractivity contribution in [2.24, 2.45) is 17.8 Å². The zero-order chi connectivity index (χ0) is 13.7. The Labute approximate surface area is 120 Å². The molecule has 2 unspecified atom stereocenters. The number of amides is 2. The second-order valence-electron chi connectivity index (χ2n) is 5.59. The maximum absolute atomic E-state index is 12.4. The van der Waals surface area contributed by atoms with Gasteiger partial charge in [0.05, 0.1) is 11.8 Å². The predicted octanol–water partition coefficient (Wildman–Crippen LogP) is 2.69. The topological polar surface area (TPSA) is 50.3 Å². The van der Waals surface area contributed by atoms with Crippen molar-refractivity contribution in [3.05, 3.63) is 22.3 Å². The van der Waals surface area contributed by atoms with Gasteiger partial charge in [0.25, 0.3) is 0 Å². The van der Waals surface area contributed by atoms with E-state index in [1.165, 1.54) is 4.90 Å². The molecule has 1 aliphatic heterocycles. The number of fused-ring (bicyclic) bond motifs is 1. The van der Waals surface area contributed by atoms with Crippen LogP contribution in [0.25, 0.3) is 0 Å². The van der Waals surface area contributed by atoms with E-state index in [0.717, 1.165) is 22.9 Å². The van der Waals surface area contributed by atoms with Crippen LogP contribution in [0.2, 0.25) is 0 Å². The van der Waals surface area contributed by atoms with Crippen LogP contribution in [0.1, 0.15) is 25.3 Å². The molecule has 19 heavy (non-hydrogen) atoms. The number of imide groups is 1. The molecule has 2 aliphatic rings. The molecule has 3 rings (SSSR count). The first-order valence-corrected chi connectivity index (χ1v) is 7.28. The Kier molecular flexibility index (Phi) is 2.96. The molecule has 1 saturated carbocycles. The SMILES string of the molecule is Cc1cc(N2C(=O)C3CC(C)CC3C2=O)ncc1Br. The summed E-state index contributed by atoms with van der Waals surface area (Å²) in [4.78, 5) is 30.3. The smallest absolute Gasteiger partial charge is 0.238 e. The van der Waals surface area contributed by atoms with E-state index in [0.29, 0.717) is 11.7 Å². The van der Waals surface area contributed by atoms with E-state index in [-0.39, 0.29) is 23.7 Å². The van der Waals surface area contributed by atoms with Gasteiger partial charge in [-0.25, -0.2) is 9.88 Å². The van der Waals surface area contributed by atoms with Crippen molar-refractivity contribution in [3.63, 3.8) is 0 Å². The largest absolute Gasteiger partial charge is 0.274 e. The minimum Gasteiger partial charge on any atom is -0.274 e. The van der Waals surface area contributed by atoms with Crippen molar-refractivity contribution < 1.29 is 9.59 Å². The van der Waals surface area contributed by atoms with Gasteiger partial charge in [-0.05, 0) is 53.2 Å². The van der Waals surface area contributed by atoms with E-state index in [9.17, 15) is 9.59 Å². The standard InChI is InChI=1S/C14H15BrN2O2/c1-7-3-9-10(4-7)14(19)17(13(9)18)12-5-8(2)11(15)6-16-12/h5-7,9-10H,3-4H2,1-2H3. The second-order valence-corrected chi connectivity index (χ2v) is 6.45. The number of aromatic nitrogens is 1. The molecular formula is C14H15BrN2O2. The molecule has 0 N–H and O–H groups in total. The van der Waals surface area contributed by atoms with Crippen LogP contribution in [0.3, 0.4) is 0 Å². The maximum atomic E-state index is 12.4. The fourth-order valence-electron chi connectivity index (χ4n) is 3.15. The monoisotopic (exact) mass is 322 g/mol. The van der Waals surface area contributed by atoms with Crippen molar-refractivity contribution in [2.45, 2.75) is 26.7 Å². The summed E-state index contributed by atoms with van der Waals surface area (Å²) in [6.45, 7) is 4.02. The minimum atomic E-state index is -0.131. The van der Waals surface area contributed by atoms with Gasteiger partial charge in [-0.1, -0.05) is 6.92 Å². The molecule has 2 heterocycles. The number of carbonyl (C=O) groups excluding carboxylic acids is 2. The molecule has 0 radical (unpaired) electrons. The van der Waals surface area contributed by atoms with Crippen LogP contribution in [0.4, 0.5) is 5.82 Å². The fourth-order valence-corrected chi connectivity index (χ4v) is 3.37. The Bertz CT molecular complexity index is 549. The van der Waals surface area contributed by atoms with Gasteiger partial charge in [-0.2, -0.15) is 0 Å². The number of anilines is 1. The van der Waals surface area contributed by atoms with Gasteiger partial charge in [0, 0.05) is 10.7 Å². The summed E-state index contributed by atoms with van der Waals surface area (Å²) in [6, 6.07) is 1.78. The maximum Gasteiger partial charge on any atom is 0.238 e. The molecule has 2 atom stereocenters. The molecule has 4 nitrogen and oxygen atoms in total. The molecular weight excluding hydrogens is 308 g/mol. The lowest BCUT2D eigenvalue weighted by atomic mass is 10.00. The number of nitrogens with zero attached hydrogens (tertiary/aromatic N) is 2. The summed E-state index contributed by atoms with van der Waals surface area (Å²) in [7, 11) is 0. The highest BCUT2D eigenvalue weighted by molar-refractivity contribution is 9.10. The molecule has 1 aromatic rings. The summed E-state index contributed by atoms with van der Waals surface area (Å²) in [5, 5.41) is 0. The number of pyridine rings is 1. The van der Waals surface area contributed by atoms with Gasteiger partial charge in [-0.15, -0.1) is 0 Å². The predicted molar refractivity (Wildman–Crippen MR) is 74.5 cm³/mol. The Morgan fingerprint density at radius 3 is 2.37 bits per heavy atom. The Morgan fingerprint density at radius 1 is 1.26 bits per heavy atom. The third-order valence-electron chi connectivity index (χ3n) is 4.14. The van der Waals surface area contributed by atoms with Gasteiger partial charge in [-0.3, -0.25) is 9.59 Å². The molecule has 1 aromatic heterocycles. The summed E-state index contributed by atoms with van der Waals surface area (Å²) in [5.41, 5.74) is 0.969. The lowest BCUT2D eigenvalue weighted by molar-refractivity contribution is -0.123. The molecule has 0 bridgehead atoms. The van der Waals surface area contributed by atoms with Crippen molar-refractivity contribution in [3.8, 4) is 0 Å². The summed E-state index contributed by atoms with van der Waals surface area (Å²) in [6.07, 6.45) is 3.28. The summed E-state index contributed by atoms with van der Waals surface area (Å²) in [5.74, 6) is 0.506. The first-order chi connectivity index (χ1) is 8.99. The molecule has 2 amide bonds. The van der Waals surface area contributed by atoms with Crippen molar-refractivity contribution in [1.82, 2.24) is 4.98 Å². The molecule has 0 aromatic carbocycles. The minimum absolute atomic E-state index is 0.0754. The summed E-state index contributed by atoms with van der Waals surface area (Å²) >= 11 is 3.37. The first-order valence-electron chi connectivity index (χ1n) is 6.49. The lowest BCUT2D eigenvalue weighted by Crippen LogP contribution is -2.32. The number of aryl methyl sites for hydroxylation is 1. The molecule has 5 heteroatoms. The van der Waals surface area contributed by atoms with Crippen molar-refractivity contribution >= 4 is 33.6 Å². The highest BCUT2D eigenvalue weighted by Crippen LogP contribution is 2.44. The van der Waals surface area contributed by atoms with E-state index in [2.05, 4.69) is 27.8 Å². The molecule has 2 fully saturated rings. The van der Waals surface area contributed by atoms with E-state index in [1.807, 2.05) is 6.92 Å². The van der Waals surface area contributed by atoms with Gasteiger partial charge < -0.3 is 0 Å². The second kappa shape index (κ2) is 4.40. The lowest BCUT2D eigenvalue weighted by Gasteiger charge is -2.16. The number of rotatable bonds is 1. The summed E-state index contributed by atoms with van der Waals surface area (Å²) < 4.78 is 0.879. The average Bonchev–Trinajstić information content (AvgIpc) is 2.84. The van der Waals surface area contributed by atoms with E-state index < -0.39 is 0 Å². The van der Waals surface area contributed by atoms with Crippen LogP contribution in [0.15, 0.2) is 16.7 Å². The van der Waals surface area contributed by atoms with Crippen LogP contribution in [0.5, 0.6) is 0 Å². The van der Waals surface area contributed by atoms with Crippen molar-refractivity contribution in [1.29, 1.82) is 0 Å². The van der Waals surface area contributed by atoms with Crippen LogP contribution in [-0.4, -0.2) is 16.8 Å². The van der Waals surface area contributed by atoms with Crippen LogP contribution < -0.4 is 4.90 Å². The van der Waals surface area contributed by atoms with Gasteiger partial charge in [0.1, 0.15) is 5.82 Å². The van der Waals surface area contributed by atoms with Crippen LogP contribution >= 0.6 is 15.9 Å². The van der Waals surface area contributed by atoms with Crippen LogP contribution in [0, 0.1) is 24.7 Å². The van der Waals surface area contributed by atoms with Gasteiger partial charge in [0.15, 0.2) is 0 Å². The highest BCUT2D eigenvalue weighted by Gasteiger charge is 2.52.